The number of aromatic nitrogens is 2. The number of nitrogens with one attached hydrogen (secondary N) is 1. The second kappa shape index (κ2) is 4.93. The zero-order chi connectivity index (χ0) is 13.4. The van der Waals surface area contributed by atoms with Gasteiger partial charge in [0.25, 0.3) is 0 Å². The highest BCUT2D eigenvalue weighted by Crippen LogP contribution is 2.30. The van der Waals surface area contributed by atoms with E-state index in [1.54, 1.807) is 12.1 Å². The van der Waals surface area contributed by atoms with Crippen LogP contribution in [-0.2, 0) is 7.05 Å². The lowest BCUT2D eigenvalue weighted by atomic mass is 9.90. The lowest BCUT2D eigenvalue weighted by Gasteiger charge is -2.29. The first-order chi connectivity index (χ1) is 9.19. The molecule has 1 aliphatic rings. The third-order valence-electron chi connectivity index (χ3n) is 4.28. The van der Waals surface area contributed by atoms with E-state index >= 15 is 0 Å². The van der Waals surface area contributed by atoms with Crippen LogP contribution in [0.5, 0.6) is 0 Å². The van der Waals surface area contributed by atoms with Crippen LogP contribution in [0.15, 0.2) is 18.2 Å². The zero-order valence-electron chi connectivity index (χ0n) is 11.5. The van der Waals surface area contributed by atoms with E-state index in [9.17, 15) is 4.39 Å². The van der Waals surface area contributed by atoms with Crippen molar-refractivity contribution in [1.82, 2.24) is 14.9 Å². The van der Waals surface area contributed by atoms with Gasteiger partial charge in [0.05, 0.1) is 17.1 Å². The zero-order valence-corrected chi connectivity index (χ0v) is 11.5. The van der Waals surface area contributed by atoms with Crippen molar-refractivity contribution in [2.45, 2.75) is 32.2 Å². The van der Waals surface area contributed by atoms with Crippen LogP contribution < -0.4 is 5.32 Å². The molecule has 1 aromatic carbocycles. The molecule has 2 atom stereocenters. The minimum Gasteiger partial charge on any atom is -0.330 e. The molecule has 0 spiro atoms. The fraction of sp³-hybridized carbons (Fsp3) is 0.533. The highest BCUT2D eigenvalue weighted by molar-refractivity contribution is 5.76. The Morgan fingerprint density at radius 1 is 1.47 bits per heavy atom. The molecule has 1 fully saturated rings. The molecule has 19 heavy (non-hydrogen) atoms. The Labute approximate surface area is 112 Å². The molecule has 1 aromatic heterocycles. The molecular weight excluding hydrogens is 241 g/mol. The van der Waals surface area contributed by atoms with E-state index < -0.39 is 0 Å². The molecule has 3 rings (SSSR count). The van der Waals surface area contributed by atoms with Crippen molar-refractivity contribution in [2.24, 2.45) is 13.0 Å². The standard InChI is InChI=1S/C15H20FN3/c1-3-10-6-7-17-13(8-10)15-18-12-5-4-11(16)9-14(12)19(15)2/h4-5,9-10,13,17H,3,6-8H2,1-2H3. The van der Waals surface area contributed by atoms with E-state index in [0.717, 1.165) is 35.7 Å². The lowest BCUT2D eigenvalue weighted by molar-refractivity contribution is 0.288. The van der Waals surface area contributed by atoms with Gasteiger partial charge in [-0.1, -0.05) is 13.3 Å². The molecule has 1 N–H and O–H groups in total. The fourth-order valence-corrected chi connectivity index (χ4v) is 3.06. The van der Waals surface area contributed by atoms with Gasteiger partial charge in [-0.3, -0.25) is 0 Å². The van der Waals surface area contributed by atoms with E-state index in [2.05, 4.69) is 17.2 Å². The summed E-state index contributed by atoms with van der Waals surface area (Å²) in [5, 5.41) is 3.54. The van der Waals surface area contributed by atoms with E-state index in [1.165, 1.54) is 18.9 Å². The molecule has 0 aliphatic carbocycles. The summed E-state index contributed by atoms with van der Waals surface area (Å²) in [6.07, 6.45) is 3.58. The summed E-state index contributed by atoms with van der Waals surface area (Å²) in [6, 6.07) is 5.09. The molecule has 4 heteroatoms. The van der Waals surface area contributed by atoms with Crippen LogP contribution in [0.4, 0.5) is 4.39 Å². The van der Waals surface area contributed by atoms with Crippen LogP contribution in [0.25, 0.3) is 11.0 Å². The maximum absolute atomic E-state index is 13.3. The number of fused-ring (bicyclic) bond motifs is 1. The topological polar surface area (TPSA) is 29.9 Å². The highest BCUT2D eigenvalue weighted by atomic mass is 19.1. The predicted molar refractivity (Wildman–Crippen MR) is 74.4 cm³/mol. The Hall–Kier alpha value is -1.42. The summed E-state index contributed by atoms with van der Waals surface area (Å²) >= 11 is 0. The smallest absolute Gasteiger partial charge is 0.126 e. The molecule has 3 nitrogen and oxygen atoms in total. The number of piperidine rings is 1. The number of aryl methyl sites for hydroxylation is 1. The maximum atomic E-state index is 13.3. The Balaban J connectivity index is 1.98. The maximum Gasteiger partial charge on any atom is 0.126 e. The summed E-state index contributed by atoms with van der Waals surface area (Å²) in [5.74, 6) is 1.59. The van der Waals surface area contributed by atoms with E-state index in [0.29, 0.717) is 6.04 Å². The predicted octanol–water partition coefficient (Wildman–Crippen LogP) is 3.16. The van der Waals surface area contributed by atoms with Gasteiger partial charge in [-0.25, -0.2) is 9.37 Å². The summed E-state index contributed by atoms with van der Waals surface area (Å²) in [4.78, 5) is 4.68. The first kappa shape index (κ1) is 12.6. The molecule has 0 amide bonds. The third kappa shape index (κ3) is 2.25. The number of halogens is 1. The average molecular weight is 261 g/mol. The van der Waals surface area contributed by atoms with Crippen molar-refractivity contribution < 1.29 is 4.39 Å². The highest BCUT2D eigenvalue weighted by Gasteiger charge is 2.25. The monoisotopic (exact) mass is 261 g/mol. The molecule has 2 unspecified atom stereocenters. The average Bonchev–Trinajstić information content (AvgIpc) is 2.76. The Morgan fingerprint density at radius 3 is 3.11 bits per heavy atom. The second-order valence-electron chi connectivity index (χ2n) is 5.47. The van der Waals surface area contributed by atoms with Gasteiger partial charge in [0.1, 0.15) is 11.6 Å². The summed E-state index contributed by atoms with van der Waals surface area (Å²) in [6.45, 7) is 3.29. The third-order valence-corrected chi connectivity index (χ3v) is 4.28. The van der Waals surface area contributed by atoms with Crippen molar-refractivity contribution in [3.8, 4) is 0 Å². The lowest BCUT2D eigenvalue weighted by Crippen LogP contribution is -2.33. The van der Waals surface area contributed by atoms with Crippen molar-refractivity contribution in [3.05, 3.63) is 29.8 Å². The molecule has 2 aromatic rings. The first-order valence-corrected chi connectivity index (χ1v) is 7.04. The van der Waals surface area contributed by atoms with Crippen LogP contribution >= 0.6 is 0 Å². The first-order valence-electron chi connectivity index (χ1n) is 7.04. The van der Waals surface area contributed by atoms with E-state index in [1.807, 2.05) is 11.6 Å². The molecule has 0 bridgehead atoms. The van der Waals surface area contributed by atoms with Crippen LogP contribution in [0, 0.1) is 11.7 Å². The van der Waals surface area contributed by atoms with Gasteiger partial charge in [0.2, 0.25) is 0 Å². The van der Waals surface area contributed by atoms with Crippen molar-refractivity contribution in [1.29, 1.82) is 0 Å². The van der Waals surface area contributed by atoms with Crippen molar-refractivity contribution in [2.75, 3.05) is 6.54 Å². The molecule has 1 saturated heterocycles. The molecular formula is C15H20FN3. The fourth-order valence-electron chi connectivity index (χ4n) is 3.06. The largest absolute Gasteiger partial charge is 0.330 e. The Morgan fingerprint density at radius 2 is 2.32 bits per heavy atom. The van der Waals surface area contributed by atoms with Gasteiger partial charge in [-0.2, -0.15) is 0 Å². The van der Waals surface area contributed by atoms with Gasteiger partial charge >= 0.3 is 0 Å². The van der Waals surface area contributed by atoms with Crippen molar-refractivity contribution in [3.63, 3.8) is 0 Å². The number of nitrogens with zero attached hydrogens (tertiary/aromatic N) is 2. The number of hydrogen-bond acceptors (Lipinski definition) is 2. The van der Waals surface area contributed by atoms with E-state index in [4.69, 9.17) is 0 Å². The van der Waals surface area contributed by atoms with Gasteiger partial charge in [-0.15, -0.1) is 0 Å². The van der Waals surface area contributed by atoms with Gasteiger partial charge in [0, 0.05) is 7.05 Å². The SMILES string of the molecule is CCC1CCNC(c2nc3ccc(F)cc3n2C)C1. The van der Waals surface area contributed by atoms with Gasteiger partial charge in [0.15, 0.2) is 0 Å². The van der Waals surface area contributed by atoms with Crippen LogP contribution in [0.1, 0.15) is 38.1 Å². The molecule has 1 aliphatic heterocycles. The van der Waals surface area contributed by atoms with Gasteiger partial charge in [-0.05, 0) is 43.5 Å². The molecule has 2 heterocycles. The molecule has 0 radical (unpaired) electrons. The Kier molecular flexibility index (Phi) is 3.27. The normalized spacial score (nSPS) is 23.9. The summed E-state index contributed by atoms with van der Waals surface area (Å²) in [7, 11) is 1.97. The van der Waals surface area contributed by atoms with Gasteiger partial charge < -0.3 is 9.88 Å². The van der Waals surface area contributed by atoms with Crippen LogP contribution in [-0.4, -0.2) is 16.1 Å². The number of rotatable bonds is 2. The molecule has 102 valence electrons. The minimum atomic E-state index is -0.204. The summed E-state index contributed by atoms with van der Waals surface area (Å²) in [5.41, 5.74) is 1.75. The summed E-state index contributed by atoms with van der Waals surface area (Å²) < 4.78 is 15.3. The Bertz CT molecular complexity index is 590. The molecule has 0 saturated carbocycles. The number of benzene rings is 1. The number of imidazole rings is 1. The van der Waals surface area contributed by atoms with E-state index in [-0.39, 0.29) is 5.82 Å². The van der Waals surface area contributed by atoms with Crippen LogP contribution in [0.2, 0.25) is 0 Å². The quantitative estimate of drug-likeness (QED) is 0.900. The minimum absolute atomic E-state index is 0.204. The van der Waals surface area contributed by atoms with Crippen molar-refractivity contribution >= 4 is 11.0 Å². The second-order valence-corrected chi connectivity index (χ2v) is 5.47. The number of hydrogen-bond donors (Lipinski definition) is 1. The van der Waals surface area contributed by atoms with Crippen LogP contribution in [0.3, 0.4) is 0 Å².